The van der Waals surface area contributed by atoms with E-state index in [1.165, 1.54) is 7.11 Å². The first-order valence-corrected chi connectivity index (χ1v) is 10.00. The topological polar surface area (TPSA) is 67.9 Å². The molecule has 4 rings (SSSR count). The fourth-order valence-electron chi connectivity index (χ4n) is 3.87. The third kappa shape index (κ3) is 3.24. The molecule has 6 heteroatoms. The summed E-state index contributed by atoms with van der Waals surface area (Å²) in [6.07, 6.45) is 1.96. The number of anilines is 2. The van der Waals surface area contributed by atoms with E-state index in [-0.39, 0.29) is 11.8 Å². The number of amides is 2. The first kappa shape index (κ1) is 19.8. The highest BCUT2D eigenvalue weighted by Crippen LogP contribution is 2.41. The number of benzene rings is 3. The molecule has 0 atom stereocenters. The quantitative estimate of drug-likeness (QED) is 0.610. The largest absolute Gasteiger partial charge is 0.493 e. The number of carbonyl (C=O) groups is 2. The van der Waals surface area contributed by atoms with Crippen molar-refractivity contribution >= 4 is 34.0 Å². The van der Waals surface area contributed by atoms with Crippen LogP contribution in [0.15, 0.2) is 48.5 Å². The predicted molar refractivity (Wildman–Crippen MR) is 118 cm³/mol. The van der Waals surface area contributed by atoms with E-state index >= 15 is 0 Å². The summed E-state index contributed by atoms with van der Waals surface area (Å²) < 4.78 is 10.5. The third-order valence-electron chi connectivity index (χ3n) is 5.41. The summed E-state index contributed by atoms with van der Waals surface area (Å²) in [5.41, 5.74) is 2.71. The van der Waals surface area contributed by atoms with Crippen molar-refractivity contribution in [3.05, 3.63) is 59.7 Å². The van der Waals surface area contributed by atoms with Gasteiger partial charge in [0.2, 0.25) is 0 Å². The van der Waals surface area contributed by atoms with Crippen molar-refractivity contribution in [1.29, 1.82) is 0 Å². The third-order valence-corrected chi connectivity index (χ3v) is 5.41. The molecule has 154 valence electrons. The Labute approximate surface area is 175 Å². The zero-order valence-electron chi connectivity index (χ0n) is 17.3. The maximum atomic E-state index is 12.9. The normalized spacial score (nSPS) is 12.4. The molecule has 1 aliphatic heterocycles. The minimum absolute atomic E-state index is 0.0208. The fraction of sp³-hybridized carbons (Fsp3) is 0.250. The van der Waals surface area contributed by atoms with Crippen LogP contribution in [0.25, 0.3) is 10.8 Å². The predicted octanol–water partition coefficient (Wildman–Crippen LogP) is 4.87. The standard InChI is InChI=1S/C24H24N2O4/c1-4-5-13-26-19-11-10-18(16-7-6-8-17(22(16)19)24(26)28)25-23(27)15-9-12-20(29-2)21(14-15)30-3/h6-12,14H,4-5,13H2,1-3H3,(H,25,27). The molecule has 3 aromatic rings. The lowest BCUT2D eigenvalue weighted by Crippen LogP contribution is -2.27. The number of carbonyl (C=O) groups excluding carboxylic acids is 2. The van der Waals surface area contributed by atoms with Crippen LogP contribution in [0.1, 0.15) is 40.5 Å². The highest BCUT2D eigenvalue weighted by atomic mass is 16.5. The minimum atomic E-state index is -0.260. The number of nitrogens with one attached hydrogen (secondary N) is 1. The number of hydrogen-bond donors (Lipinski definition) is 1. The summed E-state index contributed by atoms with van der Waals surface area (Å²) in [5, 5.41) is 4.73. The van der Waals surface area contributed by atoms with Gasteiger partial charge in [0.25, 0.3) is 11.8 Å². The molecule has 1 aliphatic rings. The van der Waals surface area contributed by atoms with E-state index in [1.54, 1.807) is 25.3 Å². The lowest BCUT2D eigenvalue weighted by atomic mass is 10.0. The van der Waals surface area contributed by atoms with Crippen LogP contribution < -0.4 is 19.7 Å². The molecule has 30 heavy (non-hydrogen) atoms. The monoisotopic (exact) mass is 404 g/mol. The Balaban J connectivity index is 1.70. The number of nitrogens with zero attached hydrogens (tertiary/aromatic N) is 1. The molecule has 0 saturated heterocycles. The van der Waals surface area contributed by atoms with Gasteiger partial charge < -0.3 is 19.7 Å². The summed E-state index contributed by atoms with van der Waals surface area (Å²) in [5.74, 6) is 0.809. The second kappa shape index (κ2) is 8.06. The van der Waals surface area contributed by atoms with Gasteiger partial charge in [0.05, 0.1) is 19.9 Å². The molecule has 0 aliphatic carbocycles. The first-order chi connectivity index (χ1) is 14.6. The molecule has 0 fully saturated rings. The Morgan fingerprint density at radius 3 is 2.57 bits per heavy atom. The van der Waals surface area contributed by atoms with E-state index in [0.717, 1.165) is 29.3 Å². The molecule has 1 N–H and O–H groups in total. The molecule has 0 spiro atoms. The Hall–Kier alpha value is -3.54. The Bertz CT molecular complexity index is 1140. The molecular weight excluding hydrogens is 380 g/mol. The summed E-state index contributed by atoms with van der Waals surface area (Å²) in [7, 11) is 3.08. The SMILES string of the molecule is CCCCN1C(=O)c2cccc3c(NC(=O)c4ccc(OC)c(OC)c4)ccc1c23. The smallest absolute Gasteiger partial charge is 0.258 e. The van der Waals surface area contributed by atoms with Crippen LogP contribution in [0, 0.1) is 0 Å². The molecule has 0 unspecified atom stereocenters. The summed E-state index contributed by atoms with van der Waals surface area (Å²) in [6.45, 7) is 2.80. The average Bonchev–Trinajstić information content (AvgIpc) is 3.05. The zero-order valence-corrected chi connectivity index (χ0v) is 17.3. The Morgan fingerprint density at radius 1 is 1.03 bits per heavy atom. The Morgan fingerprint density at radius 2 is 1.83 bits per heavy atom. The fourth-order valence-corrected chi connectivity index (χ4v) is 3.87. The maximum absolute atomic E-state index is 12.9. The van der Waals surface area contributed by atoms with Gasteiger partial charge in [0.1, 0.15) is 0 Å². The van der Waals surface area contributed by atoms with E-state index in [9.17, 15) is 9.59 Å². The maximum Gasteiger partial charge on any atom is 0.258 e. The van der Waals surface area contributed by atoms with E-state index in [0.29, 0.717) is 34.9 Å². The number of rotatable bonds is 7. The van der Waals surface area contributed by atoms with Crippen molar-refractivity contribution in [2.45, 2.75) is 19.8 Å². The van der Waals surface area contributed by atoms with Gasteiger partial charge in [-0.2, -0.15) is 0 Å². The van der Waals surface area contributed by atoms with Crippen LogP contribution in [0.4, 0.5) is 11.4 Å². The number of methoxy groups -OCH3 is 2. The van der Waals surface area contributed by atoms with Crippen molar-refractivity contribution in [1.82, 2.24) is 0 Å². The van der Waals surface area contributed by atoms with Crippen molar-refractivity contribution in [3.8, 4) is 11.5 Å². The molecular formula is C24H24N2O4. The second-order valence-electron chi connectivity index (χ2n) is 7.19. The average molecular weight is 404 g/mol. The number of unbranched alkanes of at least 4 members (excludes halogenated alkanes) is 1. The van der Waals surface area contributed by atoms with Gasteiger partial charge in [0, 0.05) is 34.1 Å². The minimum Gasteiger partial charge on any atom is -0.493 e. The molecule has 0 saturated carbocycles. The van der Waals surface area contributed by atoms with Gasteiger partial charge in [-0.05, 0) is 42.8 Å². The summed E-state index contributed by atoms with van der Waals surface area (Å²) >= 11 is 0. The molecule has 6 nitrogen and oxygen atoms in total. The van der Waals surface area contributed by atoms with Crippen molar-refractivity contribution in [2.75, 3.05) is 31.0 Å². The molecule has 0 bridgehead atoms. The van der Waals surface area contributed by atoms with Crippen LogP contribution >= 0.6 is 0 Å². The van der Waals surface area contributed by atoms with Crippen LogP contribution in [0.5, 0.6) is 11.5 Å². The molecule has 0 radical (unpaired) electrons. The van der Waals surface area contributed by atoms with E-state index < -0.39 is 0 Å². The van der Waals surface area contributed by atoms with Crippen LogP contribution in [0.2, 0.25) is 0 Å². The zero-order chi connectivity index (χ0) is 21.3. The van der Waals surface area contributed by atoms with Gasteiger partial charge in [-0.25, -0.2) is 0 Å². The highest BCUT2D eigenvalue weighted by molar-refractivity contribution is 6.27. The molecule has 1 heterocycles. The first-order valence-electron chi connectivity index (χ1n) is 10.00. The van der Waals surface area contributed by atoms with Gasteiger partial charge in [-0.3, -0.25) is 9.59 Å². The Kier molecular flexibility index (Phi) is 5.31. The second-order valence-corrected chi connectivity index (χ2v) is 7.19. The molecule has 3 aromatic carbocycles. The van der Waals surface area contributed by atoms with Crippen LogP contribution in [-0.4, -0.2) is 32.6 Å². The van der Waals surface area contributed by atoms with Crippen LogP contribution in [-0.2, 0) is 0 Å². The number of ether oxygens (including phenoxy) is 2. The van der Waals surface area contributed by atoms with Gasteiger partial charge in [0.15, 0.2) is 11.5 Å². The van der Waals surface area contributed by atoms with Gasteiger partial charge in [-0.1, -0.05) is 25.5 Å². The lowest BCUT2D eigenvalue weighted by Gasteiger charge is -2.18. The van der Waals surface area contributed by atoms with Crippen molar-refractivity contribution in [3.63, 3.8) is 0 Å². The van der Waals surface area contributed by atoms with E-state index in [1.807, 2.05) is 35.2 Å². The van der Waals surface area contributed by atoms with E-state index in [2.05, 4.69) is 12.2 Å². The van der Waals surface area contributed by atoms with Gasteiger partial charge >= 0.3 is 0 Å². The van der Waals surface area contributed by atoms with Gasteiger partial charge in [-0.15, -0.1) is 0 Å². The lowest BCUT2D eigenvalue weighted by molar-refractivity contribution is 0.0991. The summed E-state index contributed by atoms with van der Waals surface area (Å²) in [6, 6.07) is 14.4. The summed E-state index contributed by atoms with van der Waals surface area (Å²) in [4.78, 5) is 27.6. The van der Waals surface area contributed by atoms with Crippen LogP contribution in [0.3, 0.4) is 0 Å². The highest BCUT2D eigenvalue weighted by Gasteiger charge is 2.30. The van der Waals surface area contributed by atoms with Crippen molar-refractivity contribution < 1.29 is 19.1 Å². The van der Waals surface area contributed by atoms with E-state index in [4.69, 9.17) is 9.47 Å². The molecule has 2 amide bonds. The molecule has 0 aromatic heterocycles. The van der Waals surface area contributed by atoms with Crippen molar-refractivity contribution in [2.24, 2.45) is 0 Å². The number of hydrogen-bond acceptors (Lipinski definition) is 4.